The Bertz CT molecular complexity index is 2120. The van der Waals surface area contributed by atoms with Crippen molar-refractivity contribution in [2.75, 3.05) is 0 Å². The van der Waals surface area contributed by atoms with Crippen molar-refractivity contribution in [2.24, 2.45) is 0 Å². The van der Waals surface area contributed by atoms with Crippen LogP contribution in [0.4, 0.5) is 0 Å². The lowest BCUT2D eigenvalue weighted by atomic mass is 9.66. The van der Waals surface area contributed by atoms with Gasteiger partial charge in [-0.1, -0.05) is 146 Å². The lowest BCUT2D eigenvalue weighted by Gasteiger charge is -2.35. The van der Waals surface area contributed by atoms with E-state index < -0.39 is 5.41 Å². The van der Waals surface area contributed by atoms with E-state index in [1.54, 1.807) is 0 Å². The molecule has 0 amide bonds. The van der Waals surface area contributed by atoms with Gasteiger partial charge in [0.25, 0.3) is 0 Å². The van der Waals surface area contributed by atoms with Gasteiger partial charge in [0, 0.05) is 16.5 Å². The molecule has 1 heterocycles. The van der Waals surface area contributed by atoms with Gasteiger partial charge < -0.3 is 4.74 Å². The van der Waals surface area contributed by atoms with Crippen LogP contribution in [0.25, 0.3) is 44.2 Å². The number of benzene rings is 7. The Morgan fingerprint density at radius 1 is 0.381 bits per heavy atom. The second kappa shape index (κ2) is 8.80. The summed E-state index contributed by atoms with van der Waals surface area (Å²) >= 11 is 0. The van der Waals surface area contributed by atoms with E-state index in [1.807, 2.05) is 0 Å². The van der Waals surface area contributed by atoms with E-state index in [4.69, 9.17) is 4.74 Å². The van der Waals surface area contributed by atoms with Gasteiger partial charge in [0.15, 0.2) is 0 Å². The van der Waals surface area contributed by atoms with E-state index in [0.717, 1.165) is 17.1 Å². The first-order valence-electron chi connectivity index (χ1n) is 14.5. The Labute approximate surface area is 245 Å². The lowest BCUT2D eigenvalue weighted by Crippen LogP contribution is -2.29. The number of fused-ring (bicyclic) bond motifs is 5. The van der Waals surface area contributed by atoms with Gasteiger partial charge in [0.05, 0.1) is 5.41 Å². The zero-order valence-corrected chi connectivity index (χ0v) is 22.9. The maximum atomic E-state index is 6.46. The van der Waals surface area contributed by atoms with Gasteiger partial charge in [-0.25, -0.2) is 0 Å². The van der Waals surface area contributed by atoms with Crippen molar-refractivity contribution in [1.82, 2.24) is 0 Å². The van der Waals surface area contributed by atoms with Crippen LogP contribution in [0.3, 0.4) is 0 Å². The normalized spacial score (nSPS) is 13.6. The van der Waals surface area contributed by atoms with Gasteiger partial charge in [-0.15, -0.1) is 0 Å². The first kappa shape index (κ1) is 23.3. The molecule has 0 saturated heterocycles. The third-order valence-electron chi connectivity index (χ3n) is 9.15. The average molecular weight is 535 g/mol. The van der Waals surface area contributed by atoms with Gasteiger partial charge >= 0.3 is 0 Å². The smallest absolute Gasteiger partial charge is 0.135 e. The molecule has 0 spiro atoms. The van der Waals surface area contributed by atoms with E-state index >= 15 is 0 Å². The third kappa shape index (κ3) is 3.03. The van der Waals surface area contributed by atoms with Crippen molar-refractivity contribution in [1.29, 1.82) is 0 Å². The minimum atomic E-state index is -0.475. The Balaban J connectivity index is 1.47. The van der Waals surface area contributed by atoms with E-state index in [1.165, 1.54) is 60.8 Å². The predicted octanol–water partition coefficient (Wildman–Crippen LogP) is 10.6. The minimum Gasteiger partial charge on any atom is -0.456 e. The molecule has 0 fully saturated rings. The molecule has 0 N–H and O–H groups in total. The van der Waals surface area contributed by atoms with Crippen LogP contribution < -0.4 is 4.74 Å². The summed E-state index contributed by atoms with van der Waals surface area (Å²) in [6.45, 7) is 0. The van der Waals surface area contributed by atoms with Gasteiger partial charge in [-0.2, -0.15) is 0 Å². The monoisotopic (exact) mass is 534 g/mol. The summed E-state index contributed by atoms with van der Waals surface area (Å²) in [4.78, 5) is 0. The van der Waals surface area contributed by atoms with Crippen LogP contribution in [-0.2, 0) is 5.41 Å². The van der Waals surface area contributed by atoms with Crippen molar-refractivity contribution < 1.29 is 4.74 Å². The molecule has 196 valence electrons. The second-order valence-electron chi connectivity index (χ2n) is 11.2. The van der Waals surface area contributed by atoms with E-state index in [2.05, 4.69) is 158 Å². The van der Waals surface area contributed by atoms with Gasteiger partial charge in [0.2, 0.25) is 0 Å². The molecule has 0 saturated carbocycles. The highest BCUT2D eigenvalue weighted by atomic mass is 16.5. The summed E-state index contributed by atoms with van der Waals surface area (Å²) < 4.78 is 6.46. The molecule has 0 radical (unpaired) electrons. The van der Waals surface area contributed by atoms with Gasteiger partial charge in [0.1, 0.15) is 11.5 Å². The second-order valence-corrected chi connectivity index (χ2v) is 11.2. The molecule has 0 unspecified atom stereocenters. The molecular formula is C41H26O. The van der Waals surface area contributed by atoms with Crippen molar-refractivity contribution in [3.8, 4) is 44.9 Å². The third-order valence-corrected chi connectivity index (χ3v) is 9.15. The molecule has 7 aromatic carbocycles. The maximum absolute atomic E-state index is 6.46. The van der Waals surface area contributed by atoms with E-state index in [0.29, 0.717) is 0 Å². The fraction of sp³-hybridized carbons (Fsp3) is 0.0244. The highest BCUT2D eigenvalue weighted by Gasteiger charge is 2.47. The van der Waals surface area contributed by atoms with Crippen LogP contribution in [0.5, 0.6) is 11.5 Å². The van der Waals surface area contributed by atoms with Crippen molar-refractivity contribution in [3.05, 3.63) is 180 Å². The molecule has 42 heavy (non-hydrogen) atoms. The van der Waals surface area contributed by atoms with Gasteiger partial charge in [-0.3, -0.25) is 0 Å². The predicted molar refractivity (Wildman–Crippen MR) is 172 cm³/mol. The molecule has 2 aliphatic rings. The Kier molecular flexibility index (Phi) is 4.88. The molecule has 1 nitrogen and oxygen atoms in total. The van der Waals surface area contributed by atoms with Crippen LogP contribution in [0.1, 0.15) is 22.3 Å². The number of ether oxygens (including phenoxy) is 1. The maximum Gasteiger partial charge on any atom is 0.135 e. The fourth-order valence-corrected chi connectivity index (χ4v) is 7.54. The zero-order chi connectivity index (χ0) is 27.7. The molecule has 9 rings (SSSR count). The Hall–Kier alpha value is -5.40. The highest BCUT2D eigenvalue weighted by molar-refractivity contribution is 6.11. The molecule has 7 aromatic rings. The summed E-state index contributed by atoms with van der Waals surface area (Å²) in [5, 5.41) is 2.36. The summed E-state index contributed by atoms with van der Waals surface area (Å²) in [5.74, 6) is 1.81. The van der Waals surface area contributed by atoms with E-state index in [9.17, 15) is 0 Å². The summed E-state index contributed by atoms with van der Waals surface area (Å²) in [6.07, 6.45) is 0. The van der Waals surface area contributed by atoms with Crippen LogP contribution in [0.15, 0.2) is 158 Å². The molecule has 0 aromatic heterocycles. The fourth-order valence-electron chi connectivity index (χ4n) is 7.54. The summed E-state index contributed by atoms with van der Waals surface area (Å²) in [5.41, 5.74) is 12.2. The molecule has 1 aliphatic heterocycles. The Morgan fingerprint density at radius 2 is 0.952 bits per heavy atom. The minimum absolute atomic E-state index is 0.475. The number of para-hydroxylation sites is 1. The van der Waals surface area contributed by atoms with Crippen LogP contribution >= 0.6 is 0 Å². The number of rotatable bonds is 3. The molecule has 0 bridgehead atoms. The Morgan fingerprint density at radius 3 is 1.71 bits per heavy atom. The summed E-state index contributed by atoms with van der Waals surface area (Å²) in [7, 11) is 0. The molecule has 0 atom stereocenters. The first-order valence-corrected chi connectivity index (χ1v) is 14.5. The van der Waals surface area contributed by atoms with Crippen LogP contribution in [0.2, 0.25) is 0 Å². The number of hydrogen-bond donors (Lipinski definition) is 0. The standard InChI is InChI=1S/C41H26O/c1-3-14-28(15-4-1)41(29-16-5-2-6-17-29)35-22-9-7-18-30(35)32-20-12-21-33(40(32)41)31-26-25-27-13-11-24-37-38(27)39(31)34-19-8-10-23-36(34)42-37/h1-26H. The highest BCUT2D eigenvalue weighted by Crippen LogP contribution is 2.60. The summed E-state index contributed by atoms with van der Waals surface area (Å²) in [6, 6.07) is 57.3. The van der Waals surface area contributed by atoms with Crippen molar-refractivity contribution in [2.45, 2.75) is 5.41 Å². The van der Waals surface area contributed by atoms with Crippen LogP contribution in [0, 0.1) is 0 Å². The SMILES string of the molecule is c1ccc(C2(c3ccccc3)c3ccccc3-c3cccc(-c4ccc5cccc6c5c4-c4ccccc4O6)c32)cc1. The molecular weight excluding hydrogens is 508 g/mol. The van der Waals surface area contributed by atoms with Gasteiger partial charge in [-0.05, 0) is 62.0 Å². The molecule has 1 aliphatic carbocycles. The largest absolute Gasteiger partial charge is 0.456 e. The average Bonchev–Trinajstić information content (AvgIpc) is 3.37. The number of hydrogen-bond acceptors (Lipinski definition) is 1. The van der Waals surface area contributed by atoms with Crippen LogP contribution in [-0.4, -0.2) is 0 Å². The first-order chi connectivity index (χ1) is 20.9. The van der Waals surface area contributed by atoms with Crippen molar-refractivity contribution >= 4 is 10.8 Å². The van der Waals surface area contributed by atoms with E-state index in [-0.39, 0.29) is 0 Å². The lowest BCUT2D eigenvalue weighted by molar-refractivity contribution is 0.487. The topological polar surface area (TPSA) is 9.23 Å². The van der Waals surface area contributed by atoms with Crippen molar-refractivity contribution in [3.63, 3.8) is 0 Å². The zero-order valence-electron chi connectivity index (χ0n) is 22.9. The quantitative estimate of drug-likeness (QED) is 0.219. The molecule has 1 heteroatoms.